The van der Waals surface area contributed by atoms with E-state index >= 15 is 0 Å². The summed E-state index contributed by atoms with van der Waals surface area (Å²) >= 11 is 0. The Kier molecular flexibility index (Phi) is 3.54. The third kappa shape index (κ3) is 2.36. The number of H-pyrrole nitrogens is 2. The van der Waals surface area contributed by atoms with Gasteiger partial charge in [0.15, 0.2) is 5.69 Å². The molecule has 29 heavy (non-hydrogen) atoms. The van der Waals surface area contributed by atoms with Gasteiger partial charge in [0.1, 0.15) is 0 Å². The molecular weight excluding hydrogens is 364 g/mol. The lowest BCUT2D eigenvalue weighted by Crippen LogP contribution is -2.42. The normalized spacial score (nSPS) is 16.2. The molecule has 0 bridgehead atoms. The van der Waals surface area contributed by atoms with Crippen LogP contribution in [0.15, 0.2) is 18.3 Å². The number of nitrogens with zero attached hydrogens (tertiary/aromatic N) is 4. The van der Waals surface area contributed by atoms with Crippen LogP contribution < -0.4 is 0 Å². The largest absolute Gasteiger partial charge is 0.337 e. The Balaban J connectivity index is 1.68. The number of carbonyl (C=O) groups excluding carboxylic acids is 1. The number of hydrogen-bond donors (Lipinski definition) is 2. The second-order valence-electron chi connectivity index (χ2n) is 8.13. The van der Waals surface area contributed by atoms with E-state index in [2.05, 4.69) is 20.4 Å². The highest BCUT2D eigenvalue weighted by Crippen LogP contribution is 2.39. The summed E-state index contributed by atoms with van der Waals surface area (Å²) in [5.41, 5.74) is 8.10. The van der Waals surface area contributed by atoms with E-state index in [4.69, 9.17) is 4.98 Å². The monoisotopic (exact) mass is 386 g/mol. The molecule has 0 radical (unpaired) electrons. The zero-order chi connectivity index (χ0) is 19.5. The molecule has 1 aromatic carbocycles. The van der Waals surface area contributed by atoms with Crippen LogP contribution in [0, 0.1) is 6.92 Å². The van der Waals surface area contributed by atoms with E-state index in [1.807, 2.05) is 30.2 Å². The van der Waals surface area contributed by atoms with Gasteiger partial charge in [0.2, 0.25) is 0 Å². The molecule has 0 spiro atoms. The zero-order valence-electron chi connectivity index (χ0n) is 16.4. The van der Waals surface area contributed by atoms with Gasteiger partial charge in [-0.3, -0.25) is 15.0 Å². The van der Waals surface area contributed by atoms with Gasteiger partial charge in [0.25, 0.3) is 5.91 Å². The first kappa shape index (κ1) is 16.7. The van der Waals surface area contributed by atoms with E-state index in [1.165, 1.54) is 11.1 Å². The molecule has 7 heteroatoms. The van der Waals surface area contributed by atoms with Gasteiger partial charge in [-0.25, -0.2) is 4.98 Å². The molecule has 4 heterocycles. The molecule has 1 fully saturated rings. The number of nitrogens with one attached hydrogen (secondary N) is 2. The number of aromatic nitrogens is 5. The van der Waals surface area contributed by atoms with Crippen LogP contribution >= 0.6 is 0 Å². The minimum atomic E-state index is 0.0225. The molecule has 4 aromatic rings. The van der Waals surface area contributed by atoms with Crippen molar-refractivity contribution in [1.82, 2.24) is 30.3 Å². The van der Waals surface area contributed by atoms with Crippen LogP contribution in [0.3, 0.4) is 0 Å². The van der Waals surface area contributed by atoms with Gasteiger partial charge in [0, 0.05) is 35.1 Å². The van der Waals surface area contributed by atoms with Gasteiger partial charge in [-0.1, -0.05) is 0 Å². The lowest BCUT2D eigenvalue weighted by molar-refractivity contribution is 0.0647. The van der Waals surface area contributed by atoms with Crippen molar-refractivity contribution >= 4 is 27.7 Å². The molecule has 2 aliphatic rings. The molecule has 3 aromatic heterocycles. The summed E-state index contributed by atoms with van der Waals surface area (Å²) in [7, 11) is 0. The smallest absolute Gasteiger partial charge is 0.275 e. The molecule has 0 unspecified atom stereocenters. The SMILES string of the molecule is Cc1[nH]ncc1-c1nc2ccc3[nH]nc(C(=O)N4CCC4)c3c2c2c1CCCC2. The quantitative estimate of drug-likeness (QED) is 0.551. The summed E-state index contributed by atoms with van der Waals surface area (Å²) in [6.07, 6.45) is 7.25. The molecule has 0 atom stereocenters. The predicted octanol–water partition coefficient (Wildman–Crippen LogP) is 3.53. The van der Waals surface area contributed by atoms with Gasteiger partial charge in [-0.2, -0.15) is 10.2 Å². The van der Waals surface area contributed by atoms with Crippen molar-refractivity contribution in [2.45, 2.75) is 39.0 Å². The summed E-state index contributed by atoms with van der Waals surface area (Å²) in [6.45, 7) is 3.67. The minimum Gasteiger partial charge on any atom is -0.337 e. The second kappa shape index (κ2) is 6.14. The summed E-state index contributed by atoms with van der Waals surface area (Å²) in [4.78, 5) is 20.0. The average molecular weight is 386 g/mol. The average Bonchev–Trinajstić information content (AvgIpc) is 3.31. The van der Waals surface area contributed by atoms with Gasteiger partial charge in [0.05, 0.1) is 22.9 Å². The Hall–Kier alpha value is -3.22. The van der Waals surface area contributed by atoms with E-state index < -0.39 is 0 Å². The topological polar surface area (TPSA) is 90.6 Å². The summed E-state index contributed by atoms with van der Waals surface area (Å²) in [6, 6.07) is 4.04. The molecule has 2 N–H and O–H groups in total. The Morgan fingerprint density at radius 2 is 1.86 bits per heavy atom. The molecule has 0 saturated carbocycles. The molecule has 1 aliphatic carbocycles. The minimum absolute atomic E-state index is 0.0225. The number of aromatic amines is 2. The van der Waals surface area contributed by atoms with Crippen molar-refractivity contribution in [2.24, 2.45) is 0 Å². The first-order valence-corrected chi connectivity index (χ1v) is 10.3. The molecule has 7 nitrogen and oxygen atoms in total. The van der Waals surface area contributed by atoms with E-state index in [0.717, 1.165) is 84.0 Å². The van der Waals surface area contributed by atoms with Gasteiger partial charge in [-0.05, 0) is 62.3 Å². The fourth-order valence-corrected chi connectivity index (χ4v) is 4.77. The van der Waals surface area contributed by atoms with Crippen molar-refractivity contribution in [3.63, 3.8) is 0 Å². The number of fused-ring (bicyclic) bond motifs is 5. The van der Waals surface area contributed by atoms with Crippen LogP contribution in [0.2, 0.25) is 0 Å². The highest BCUT2D eigenvalue weighted by molar-refractivity contribution is 6.17. The molecule has 6 rings (SSSR count). The van der Waals surface area contributed by atoms with E-state index in [0.29, 0.717) is 5.69 Å². The molecule has 146 valence electrons. The maximum Gasteiger partial charge on any atom is 0.275 e. The lowest BCUT2D eigenvalue weighted by atomic mass is 9.85. The number of benzene rings is 1. The number of likely N-dealkylation sites (tertiary alicyclic amines) is 1. The van der Waals surface area contributed by atoms with Crippen molar-refractivity contribution in [1.29, 1.82) is 0 Å². The number of amides is 1. The standard InChI is InChI=1S/C22H22N6O/c1-12-15(11-23-25-12)20-14-6-3-2-5-13(14)18-16(24-20)7-8-17-19(18)21(27-26-17)22(29)28-9-4-10-28/h7-8,11H,2-6,9-10H2,1H3,(H,23,25)(H,26,27). The Bertz CT molecular complexity index is 1280. The third-order valence-electron chi connectivity index (χ3n) is 6.43. The zero-order valence-corrected chi connectivity index (χ0v) is 16.4. The maximum absolute atomic E-state index is 13.0. The number of pyridine rings is 1. The number of carbonyl (C=O) groups is 1. The Labute approximate surface area is 167 Å². The van der Waals surface area contributed by atoms with Crippen LogP contribution in [-0.4, -0.2) is 49.3 Å². The fraction of sp³-hybridized carbons (Fsp3) is 0.364. The van der Waals surface area contributed by atoms with E-state index in [1.54, 1.807) is 0 Å². The van der Waals surface area contributed by atoms with Gasteiger partial charge < -0.3 is 4.90 Å². The van der Waals surface area contributed by atoms with E-state index in [9.17, 15) is 4.79 Å². The molecule has 1 saturated heterocycles. The molecular formula is C22H22N6O. The van der Waals surface area contributed by atoms with Crippen molar-refractivity contribution in [3.8, 4) is 11.3 Å². The van der Waals surface area contributed by atoms with Crippen molar-refractivity contribution < 1.29 is 4.79 Å². The molecule has 1 aliphatic heterocycles. The van der Waals surface area contributed by atoms with Gasteiger partial charge >= 0.3 is 0 Å². The highest BCUT2D eigenvalue weighted by Gasteiger charge is 2.28. The van der Waals surface area contributed by atoms with Crippen LogP contribution in [0.25, 0.3) is 33.1 Å². The predicted molar refractivity (Wildman–Crippen MR) is 111 cm³/mol. The Morgan fingerprint density at radius 3 is 2.59 bits per heavy atom. The Morgan fingerprint density at radius 1 is 1.03 bits per heavy atom. The summed E-state index contributed by atoms with van der Waals surface area (Å²) in [5.74, 6) is 0.0225. The van der Waals surface area contributed by atoms with Crippen LogP contribution in [0.1, 0.15) is 46.6 Å². The summed E-state index contributed by atoms with van der Waals surface area (Å²) < 4.78 is 0. The van der Waals surface area contributed by atoms with Crippen LogP contribution in [-0.2, 0) is 12.8 Å². The van der Waals surface area contributed by atoms with Crippen LogP contribution in [0.5, 0.6) is 0 Å². The fourth-order valence-electron chi connectivity index (χ4n) is 4.77. The number of rotatable bonds is 2. The third-order valence-corrected chi connectivity index (χ3v) is 6.43. The first-order valence-electron chi connectivity index (χ1n) is 10.3. The lowest BCUT2D eigenvalue weighted by Gasteiger charge is -2.30. The number of hydrogen-bond acceptors (Lipinski definition) is 4. The maximum atomic E-state index is 13.0. The van der Waals surface area contributed by atoms with E-state index in [-0.39, 0.29) is 5.91 Å². The van der Waals surface area contributed by atoms with Crippen molar-refractivity contribution in [3.05, 3.63) is 40.8 Å². The van der Waals surface area contributed by atoms with Crippen LogP contribution in [0.4, 0.5) is 0 Å². The van der Waals surface area contributed by atoms with Gasteiger partial charge in [-0.15, -0.1) is 0 Å². The van der Waals surface area contributed by atoms with Crippen molar-refractivity contribution in [2.75, 3.05) is 13.1 Å². The second-order valence-corrected chi connectivity index (χ2v) is 8.13. The number of aryl methyl sites for hydroxylation is 2. The summed E-state index contributed by atoms with van der Waals surface area (Å²) in [5, 5.41) is 16.8. The highest BCUT2D eigenvalue weighted by atomic mass is 16.2. The molecule has 1 amide bonds. The first-order chi connectivity index (χ1) is 14.2.